The molecule has 0 spiro atoms. The molecule has 0 atom stereocenters. The molecule has 0 aliphatic carbocycles. The first-order valence-electron chi connectivity index (χ1n) is 8.26. The molecule has 26 heavy (non-hydrogen) atoms. The fourth-order valence-electron chi connectivity index (χ4n) is 3.61. The number of para-hydroxylation sites is 1. The average molecular weight is 390 g/mol. The number of H-pyrrole nitrogens is 1. The van der Waals surface area contributed by atoms with Crippen molar-refractivity contribution in [2.75, 3.05) is 18.9 Å². The number of aromatic amines is 1. The molecule has 0 bridgehead atoms. The molecule has 0 unspecified atom stereocenters. The lowest BCUT2D eigenvalue weighted by atomic mass is 9.95. The summed E-state index contributed by atoms with van der Waals surface area (Å²) in [6.07, 6.45) is 0.660. The number of nitrogens with two attached hydrogens (primary N) is 1. The Labute approximate surface area is 160 Å². The van der Waals surface area contributed by atoms with Crippen LogP contribution < -0.4 is 5.73 Å². The lowest BCUT2D eigenvalue weighted by Crippen LogP contribution is -2.37. The molecule has 0 saturated heterocycles. The third kappa shape index (κ3) is 2.63. The molecule has 1 aliphatic heterocycles. The highest BCUT2D eigenvalue weighted by Crippen LogP contribution is 2.43. The predicted molar refractivity (Wildman–Crippen MR) is 104 cm³/mol. The number of rotatable bonds is 2. The lowest BCUT2D eigenvalue weighted by molar-refractivity contribution is -0.135. The van der Waals surface area contributed by atoms with E-state index >= 15 is 0 Å². The number of halogens is 2. The fraction of sp³-hybridized carbons (Fsp3) is 0.211. The van der Waals surface area contributed by atoms with Crippen LogP contribution in [-0.4, -0.2) is 34.0 Å². The summed E-state index contributed by atoms with van der Waals surface area (Å²) >= 11 is 12.8. The van der Waals surface area contributed by atoms with Crippen molar-refractivity contribution in [2.45, 2.75) is 13.0 Å². The Morgan fingerprint density at radius 2 is 2.04 bits per heavy atom. The topological polar surface area (TPSA) is 82.4 Å². The van der Waals surface area contributed by atoms with Crippen LogP contribution in [0.5, 0.6) is 0 Å². The van der Waals surface area contributed by atoms with Crippen molar-refractivity contribution in [1.82, 2.24) is 9.88 Å². The van der Waals surface area contributed by atoms with Gasteiger partial charge < -0.3 is 20.7 Å². The summed E-state index contributed by atoms with van der Waals surface area (Å²) in [6.45, 7) is 0.461. The second-order valence-corrected chi connectivity index (χ2v) is 7.15. The van der Waals surface area contributed by atoms with E-state index in [-0.39, 0.29) is 5.91 Å². The largest absolute Gasteiger partial charge is 0.398 e. The second-order valence-electron chi connectivity index (χ2n) is 6.36. The van der Waals surface area contributed by atoms with Gasteiger partial charge in [0.2, 0.25) is 5.91 Å². The van der Waals surface area contributed by atoms with E-state index < -0.39 is 6.61 Å². The number of aliphatic hydroxyl groups is 1. The van der Waals surface area contributed by atoms with Crippen molar-refractivity contribution < 1.29 is 9.90 Å². The van der Waals surface area contributed by atoms with Crippen molar-refractivity contribution in [3.05, 3.63) is 51.6 Å². The summed E-state index contributed by atoms with van der Waals surface area (Å²) in [5.74, 6) is -0.286. The maximum atomic E-state index is 12.0. The van der Waals surface area contributed by atoms with Gasteiger partial charge in [0.05, 0.1) is 15.6 Å². The molecular formula is C19H17Cl2N3O2. The van der Waals surface area contributed by atoms with Crippen molar-refractivity contribution in [3.8, 4) is 11.1 Å². The van der Waals surface area contributed by atoms with Crippen LogP contribution in [0.2, 0.25) is 10.0 Å². The highest BCUT2D eigenvalue weighted by atomic mass is 35.5. The molecule has 1 amide bonds. The van der Waals surface area contributed by atoms with Gasteiger partial charge in [0, 0.05) is 47.4 Å². The maximum Gasteiger partial charge on any atom is 0.248 e. The summed E-state index contributed by atoms with van der Waals surface area (Å²) in [6, 6.07) is 9.39. The molecule has 2 aromatic carbocycles. The molecule has 7 heteroatoms. The van der Waals surface area contributed by atoms with E-state index in [1.165, 1.54) is 0 Å². The number of fused-ring (bicyclic) bond motifs is 3. The number of benzene rings is 2. The Hall–Kier alpha value is -2.21. The number of amides is 1. The van der Waals surface area contributed by atoms with Gasteiger partial charge in [0.15, 0.2) is 0 Å². The van der Waals surface area contributed by atoms with E-state index in [2.05, 4.69) is 4.98 Å². The predicted octanol–water partition coefficient (Wildman–Crippen LogP) is 3.60. The first kappa shape index (κ1) is 17.2. The maximum absolute atomic E-state index is 12.0. The highest BCUT2D eigenvalue weighted by Gasteiger charge is 2.27. The van der Waals surface area contributed by atoms with Crippen molar-refractivity contribution >= 4 is 45.7 Å². The second kappa shape index (κ2) is 6.50. The molecule has 1 aromatic heterocycles. The minimum atomic E-state index is -0.497. The number of nitrogens with one attached hydrogen (secondary N) is 1. The highest BCUT2D eigenvalue weighted by molar-refractivity contribution is 6.45. The Morgan fingerprint density at radius 1 is 1.27 bits per heavy atom. The van der Waals surface area contributed by atoms with E-state index in [1.807, 2.05) is 30.3 Å². The molecular weight excluding hydrogens is 373 g/mol. The third-order valence-corrected chi connectivity index (χ3v) is 5.67. The molecule has 1 aliphatic rings. The van der Waals surface area contributed by atoms with Crippen LogP contribution >= 0.6 is 23.2 Å². The number of carbonyl (C=O) groups is 1. The zero-order chi connectivity index (χ0) is 18.4. The minimum absolute atomic E-state index is 0.286. The quantitative estimate of drug-likeness (QED) is 0.585. The molecule has 4 N–H and O–H groups in total. The number of anilines is 1. The molecule has 134 valence electrons. The van der Waals surface area contributed by atoms with Gasteiger partial charge in [-0.3, -0.25) is 4.79 Å². The summed E-state index contributed by atoms with van der Waals surface area (Å²) < 4.78 is 0. The van der Waals surface area contributed by atoms with Crippen LogP contribution in [-0.2, 0) is 17.8 Å². The summed E-state index contributed by atoms with van der Waals surface area (Å²) in [4.78, 5) is 17.0. The van der Waals surface area contributed by atoms with Crippen molar-refractivity contribution in [2.24, 2.45) is 0 Å². The first-order chi connectivity index (χ1) is 12.5. The van der Waals surface area contributed by atoms with Crippen LogP contribution in [0.4, 0.5) is 5.69 Å². The van der Waals surface area contributed by atoms with Gasteiger partial charge in [-0.1, -0.05) is 41.4 Å². The minimum Gasteiger partial charge on any atom is -0.398 e. The van der Waals surface area contributed by atoms with Crippen LogP contribution in [0.3, 0.4) is 0 Å². The number of aliphatic hydroxyl groups excluding tert-OH is 1. The molecule has 4 rings (SSSR count). The monoisotopic (exact) mass is 389 g/mol. The zero-order valence-corrected chi connectivity index (χ0v) is 15.4. The number of aromatic nitrogens is 1. The molecule has 0 saturated carbocycles. The van der Waals surface area contributed by atoms with Gasteiger partial charge in [0.25, 0.3) is 0 Å². The molecule has 0 radical (unpaired) electrons. The fourth-order valence-corrected chi connectivity index (χ4v) is 4.01. The Balaban J connectivity index is 1.99. The number of carbonyl (C=O) groups excluding carboxylic acids is 1. The van der Waals surface area contributed by atoms with Gasteiger partial charge in [-0.25, -0.2) is 0 Å². The van der Waals surface area contributed by atoms with E-state index in [0.29, 0.717) is 35.2 Å². The van der Waals surface area contributed by atoms with E-state index in [1.54, 1.807) is 4.90 Å². The zero-order valence-electron chi connectivity index (χ0n) is 13.9. The van der Waals surface area contributed by atoms with Crippen molar-refractivity contribution in [1.29, 1.82) is 0 Å². The van der Waals surface area contributed by atoms with Gasteiger partial charge in [-0.05, 0) is 17.7 Å². The Kier molecular flexibility index (Phi) is 4.31. The molecule has 0 fully saturated rings. The molecule has 5 nitrogen and oxygen atoms in total. The van der Waals surface area contributed by atoms with Gasteiger partial charge in [-0.2, -0.15) is 0 Å². The average Bonchev–Trinajstić information content (AvgIpc) is 3.03. The van der Waals surface area contributed by atoms with Crippen molar-refractivity contribution in [3.63, 3.8) is 0 Å². The smallest absolute Gasteiger partial charge is 0.248 e. The number of nitrogen functional groups attached to an aromatic ring is 1. The summed E-state index contributed by atoms with van der Waals surface area (Å²) in [5.41, 5.74) is 11.3. The van der Waals surface area contributed by atoms with Crippen LogP contribution in [0.15, 0.2) is 30.3 Å². The Bertz CT molecular complexity index is 1030. The summed E-state index contributed by atoms with van der Waals surface area (Å²) in [5, 5.41) is 11.0. The summed E-state index contributed by atoms with van der Waals surface area (Å²) in [7, 11) is 0. The third-order valence-electron chi connectivity index (χ3n) is 4.88. The van der Waals surface area contributed by atoms with Gasteiger partial charge in [-0.15, -0.1) is 0 Å². The molecule has 2 heterocycles. The van der Waals surface area contributed by atoms with E-state index in [4.69, 9.17) is 28.9 Å². The van der Waals surface area contributed by atoms with Crippen LogP contribution in [0.1, 0.15) is 11.3 Å². The van der Waals surface area contributed by atoms with Crippen LogP contribution in [0, 0.1) is 0 Å². The van der Waals surface area contributed by atoms with E-state index in [9.17, 15) is 9.90 Å². The normalized spacial score (nSPS) is 13.9. The number of nitrogens with zero attached hydrogens (tertiary/aromatic N) is 1. The van der Waals surface area contributed by atoms with E-state index in [0.717, 1.165) is 33.3 Å². The standard InChI is InChI=1S/C19H17Cl2N3O2/c20-13-7-11(10-3-1-2-4-14(10)22)17-12-8-24(16(26)9-25)6-5-15(12)23-19(17)18(13)21/h1-4,7,23,25H,5-6,8-9,22H2. The van der Waals surface area contributed by atoms with Crippen LogP contribution in [0.25, 0.3) is 22.0 Å². The molecule has 3 aromatic rings. The Morgan fingerprint density at radius 3 is 2.77 bits per heavy atom. The number of hydrogen-bond acceptors (Lipinski definition) is 3. The first-order valence-corrected chi connectivity index (χ1v) is 9.01. The van der Waals surface area contributed by atoms with Gasteiger partial charge in [0.1, 0.15) is 6.61 Å². The number of hydrogen-bond donors (Lipinski definition) is 3. The lowest BCUT2D eigenvalue weighted by Gasteiger charge is -2.27. The SMILES string of the molecule is Nc1ccccc1-c1cc(Cl)c(Cl)c2[nH]c3c(c12)CN(C(=O)CO)CC3. The van der Waals surface area contributed by atoms with Gasteiger partial charge >= 0.3 is 0 Å².